The Bertz CT molecular complexity index is 476. The van der Waals surface area contributed by atoms with Crippen LogP contribution in [-0.2, 0) is 11.2 Å². The van der Waals surface area contributed by atoms with E-state index in [9.17, 15) is 0 Å². The van der Waals surface area contributed by atoms with Crippen molar-refractivity contribution in [3.8, 4) is 0 Å². The molecule has 0 aliphatic carbocycles. The first kappa shape index (κ1) is 20.2. The number of hydrogen-bond donors (Lipinski definition) is 1. The fourth-order valence-electron chi connectivity index (χ4n) is 2.85. The monoisotopic (exact) mass is 431 g/mol. The van der Waals surface area contributed by atoms with E-state index in [-0.39, 0.29) is 24.0 Å². The Balaban J connectivity index is 0.00000264. The van der Waals surface area contributed by atoms with Crippen LogP contribution in [0.2, 0.25) is 0 Å². The third-order valence-electron chi connectivity index (χ3n) is 4.17. The van der Waals surface area contributed by atoms with Crippen LogP contribution in [-0.4, -0.2) is 50.8 Å². The van der Waals surface area contributed by atoms with Crippen molar-refractivity contribution in [3.05, 3.63) is 35.4 Å². The van der Waals surface area contributed by atoms with Crippen LogP contribution in [0, 0.1) is 12.8 Å². The summed E-state index contributed by atoms with van der Waals surface area (Å²) < 4.78 is 5.54. The highest BCUT2D eigenvalue weighted by molar-refractivity contribution is 14.0. The molecular weight excluding hydrogens is 401 g/mol. The Morgan fingerprint density at radius 2 is 2.09 bits per heavy atom. The van der Waals surface area contributed by atoms with Crippen molar-refractivity contribution in [1.82, 2.24) is 10.2 Å². The summed E-state index contributed by atoms with van der Waals surface area (Å²) in [5.41, 5.74) is 2.68. The van der Waals surface area contributed by atoms with E-state index in [1.165, 1.54) is 17.5 Å². The molecule has 0 amide bonds. The van der Waals surface area contributed by atoms with Gasteiger partial charge in [0.1, 0.15) is 0 Å². The fraction of sp³-hybridized carbons (Fsp3) is 0.611. The molecule has 0 saturated carbocycles. The van der Waals surface area contributed by atoms with Gasteiger partial charge in [-0.15, -0.1) is 24.0 Å². The molecule has 0 bridgehead atoms. The SMILES string of the molecule is CCOCC1CCN(C(=NC)NCCc2ccc(C)cc2)C1.I. The number of guanidine groups is 1. The minimum atomic E-state index is 0. The number of hydrogen-bond acceptors (Lipinski definition) is 2. The second-order valence-corrected chi connectivity index (χ2v) is 5.97. The van der Waals surface area contributed by atoms with Gasteiger partial charge in [0.15, 0.2) is 5.96 Å². The van der Waals surface area contributed by atoms with Gasteiger partial charge in [-0.05, 0) is 32.3 Å². The number of ether oxygens (including phenoxy) is 1. The summed E-state index contributed by atoms with van der Waals surface area (Å²) in [6.45, 7) is 8.89. The lowest BCUT2D eigenvalue weighted by atomic mass is 10.1. The molecule has 1 saturated heterocycles. The van der Waals surface area contributed by atoms with E-state index in [1.807, 2.05) is 7.05 Å². The molecule has 1 aromatic rings. The minimum Gasteiger partial charge on any atom is -0.381 e. The maximum Gasteiger partial charge on any atom is 0.193 e. The van der Waals surface area contributed by atoms with Crippen molar-refractivity contribution < 1.29 is 4.74 Å². The molecular formula is C18H30IN3O. The lowest BCUT2D eigenvalue weighted by Crippen LogP contribution is -2.41. The van der Waals surface area contributed by atoms with Crippen molar-refractivity contribution in [2.45, 2.75) is 26.7 Å². The van der Waals surface area contributed by atoms with Gasteiger partial charge in [-0.25, -0.2) is 0 Å². The van der Waals surface area contributed by atoms with Gasteiger partial charge in [0.25, 0.3) is 0 Å². The Morgan fingerprint density at radius 1 is 1.35 bits per heavy atom. The number of rotatable bonds is 6. The van der Waals surface area contributed by atoms with Crippen LogP contribution in [0.1, 0.15) is 24.5 Å². The van der Waals surface area contributed by atoms with Gasteiger partial charge in [-0.1, -0.05) is 29.8 Å². The fourth-order valence-corrected chi connectivity index (χ4v) is 2.85. The van der Waals surface area contributed by atoms with Gasteiger partial charge >= 0.3 is 0 Å². The van der Waals surface area contributed by atoms with Crippen molar-refractivity contribution >= 4 is 29.9 Å². The molecule has 1 aliphatic heterocycles. The predicted octanol–water partition coefficient (Wildman–Crippen LogP) is 3.09. The van der Waals surface area contributed by atoms with Crippen LogP contribution in [0.3, 0.4) is 0 Å². The highest BCUT2D eigenvalue weighted by atomic mass is 127. The van der Waals surface area contributed by atoms with Gasteiger partial charge < -0.3 is 15.0 Å². The number of halogens is 1. The number of nitrogens with zero attached hydrogens (tertiary/aromatic N) is 2. The summed E-state index contributed by atoms with van der Waals surface area (Å²) in [5.74, 6) is 1.65. The van der Waals surface area contributed by atoms with Gasteiger partial charge in [0, 0.05) is 39.2 Å². The standard InChI is InChI=1S/C18H29N3O.HI/c1-4-22-14-17-10-12-21(13-17)18(19-3)20-11-9-16-7-5-15(2)6-8-16;/h5-8,17H,4,9-14H2,1-3H3,(H,19,20);1H. The zero-order valence-electron chi connectivity index (χ0n) is 14.5. The van der Waals surface area contributed by atoms with Crippen LogP contribution in [0.15, 0.2) is 29.3 Å². The van der Waals surface area contributed by atoms with Crippen molar-refractivity contribution in [3.63, 3.8) is 0 Å². The average molecular weight is 431 g/mol. The average Bonchev–Trinajstić information content (AvgIpc) is 3.00. The van der Waals surface area contributed by atoms with E-state index >= 15 is 0 Å². The molecule has 0 radical (unpaired) electrons. The first-order chi connectivity index (χ1) is 10.7. The van der Waals surface area contributed by atoms with Gasteiger partial charge in [-0.3, -0.25) is 4.99 Å². The highest BCUT2D eigenvalue weighted by Gasteiger charge is 2.24. The summed E-state index contributed by atoms with van der Waals surface area (Å²) >= 11 is 0. The molecule has 1 aliphatic rings. The maximum atomic E-state index is 5.54. The Labute approximate surface area is 157 Å². The molecule has 1 fully saturated rings. The molecule has 1 atom stereocenters. The molecule has 1 aromatic carbocycles. The first-order valence-electron chi connectivity index (χ1n) is 8.31. The Kier molecular flexibility index (Phi) is 9.55. The molecule has 2 rings (SSSR count). The van der Waals surface area contributed by atoms with Crippen LogP contribution in [0.5, 0.6) is 0 Å². The molecule has 4 nitrogen and oxygen atoms in total. The summed E-state index contributed by atoms with van der Waals surface area (Å²) in [6, 6.07) is 8.74. The van der Waals surface area contributed by atoms with E-state index in [4.69, 9.17) is 4.74 Å². The zero-order chi connectivity index (χ0) is 15.8. The maximum absolute atomic E-state index is 5.54. The van der Waals surface area contributed by atoms with Gasteiger partial charge in [0.05, 0.1) is 6.61 Å². The van der Waals surface area contributed by atoms with Crippen molar-refractivity contribution in [2.24, 2.45) is 10.9 Å². The van der Waals surface area contributed by atoms with Gasteiger partial charge in [0.2, 0.25) is 0 Å². The molecule has 0 spiro atoms. The molecule has 1 heterocycles. The highest BCUT2D eigenvalue weighted by Crippen LogP contribution is 2.16. The van der Waals surface area contributed by atoms with Crippen LogP contribution < -0.4 is 5.32 Å². The Morgan fingerprint density at radius 3 is 2.74 bits per heavy atom. The largest absolute Gasteiger partial charge is 0.381 e. The summed E-state index contributed by atoms with van der Waals surface area (Å²) in [7, 11) is 1.87. The predicted molar refractivity (Wildman–Crippen MR) is 108 cm³/mol. The lowest BCUT2D eigenvalue weighted by Gasteiger charge is -2.21. The first-order valence-corrected chi connectivity index (χ1v) is 8.31. The molecule has 1 unspecified atom stereocenters. The second-order valence-electron chi connectivity index (χ2n) is 5.97. The van der Waals surface area contributed by atoms with Crippen LogP contribution in [0.4, 0.5) is 0 Å². The van der Waals surface area contributed by atoms with Crippen LogP contribution in [0.25, 0.3) is 0 Å². The molecule has 1 N–H and O–H groups in total. The number of nitrogens with one attached hydrogen (secondary N) is 1. The molecule has 0 aromatic heterocycles. The van der Waals surface area contributed by atoms with E-state index in [0.717, 1.165) is 45.2 Å². The second kappa shape index (κ2) is 10.9. The number of likely N-dealkylation sites (tertiary alicyclic amines) is 1. The lowest BCUT2D eigenvalue weighted by molar-refractivity contribution is 0.114. The van der Waals surface area contributed by atoms with Crippen molar-refractivity contribution in [2.75, 3.05) is 39.9 Å². The topological polar surface area (TPSA) is 36.9 Å². The summed E-state index contributed by atoms with van der Waals surface area (Å²) in [4.78, 5) is 6.77. The van der Waals surface area contributed by atoms with Crippen molar-refractivity contribution in [1.29, 1.82) is 0 Å². The van der Waals surface area contributed by atoms with E-state index in [2.05, 4.69) is 53.3 Å². The number of aliphatic imine (C=N–C) groups is 1. The van der Waals surface area contributed by atoms with E-state index in [1.54, 1.807) is 0 Å². The number of aryl methyl sites for hydroxylation is 1. The normalized spacial score (nSPS) is 18.0. The molecule has 130 valence electrons. The summed E-state index contributed by atoms with van der Waals surface area (Å²) in [6.07, 6.45) is 2.22. The quantitative estimate of drug-likeness (QED) is 0.427. The third-order valence-corrected chi connectivity index (χ3v) is 4.17. The number of benzene rings is 1. The smallest absolute Gasteiger partial charge is 0.193 e. The molecule has 23 heavy (non-hydrogen) atoms. The van der Waals surface area contributed by atoms with E-state index in [0.29, 0.717) is 5.92 Å². The Hall–Kier alpha value is -0.820. The summed E-state index contributed by atoms with van der Waals surface area (Å²) in [5, 5.41) is 3.49. The third kappa shape index (κ3) is 6.67. The van der Waals surface area contributed by atoms with Gasteiger partial charge in [-0.2, -0.15) is 0 Å². The van der Waals surface area contributed by atoms with Crippen LogP contribution >= 0.6 is 24.0 Å². The van der Waals surface area contributed by atoms with E-state index < -0.39 is 0 Å². The minimum absolute atomic E-state index is 0. The zero-order valence-corrected chi connectivity index (χ0v) is 16.9. The molecule has 5 heteroatoms.